The Hall–Kier alpha value is -3.41. The molecule has 0 saturated heterocycles. The average molecular weight is 431 g/mol. The summed E-state index contributed by atoms with van der Waals surface area (Å²) in [5.74, 6) is 1.96. The molecule has 2 aromatic carbocycles. The number of nitrogens with one attached hydrogen (secondary N) is 2. The maximum atomic E-state index is 12.4. The minimum Gasteiger partial charge on any atom is -0.468 e. The van der Waals surface area contributed by atoms with Gasteiger partial charge in [-0.3, -0.25) is 4.79 Å². The number of anilines is 3. The van der Waals surface area contributed by atoms with Crippen molar-refractivity contribution in [3.05, 3.63) is 66.2 Å². The summed E-state index contributed by atoms with van der Waals surface area (Å²) in [6.45, 7) is 6.29. The van der Waals surface area contributed by atoms with E-state index in [0.717, 1.165) is 41.9 Å². The molecule has 3 aromatic rings. The van der Waals surface area contributed by atoms with Crippen LogP contribution in [0.3, 0.4) is 0 Å². The van der Waals surface area contributed by atoms with Crippen molar-refractivity contribution < 1.29 is 9.53 Å². The number of methoxy groups -OCH3 is 1. The lowest BCUT2D eigenvalue weighted by atomic mass is 9.64. The third kappa shape index (κ3) is 4.59. The standard InChI is InChI=1S/C26H30N4O2/c1-25(2,3)30-22-17-21(28-23(29-22)18-9-6-5-7-10-18)27-20-13-11-19(12-14-20)26(15-8-16-26)24(31)32-4/h5-7,9-14,17H,8,15-16H2,1-4H3,(H2,27,28,29,30). The number of carbonyl (C=O) groups is 1. The van der Waals surface area contributed by atoms with Crippen LogP contribution in [0.2, 0.25) is 0 Å². The Labute approximate surface area is 189 Å². The van der Waals surface area contributed by atoms with Gasteiger partial charge in [0.2, 0.25) is 0 Å². The molecule has 1 aliphatic rings. The van der Waals surface area contributed by atoms with E-state index in [1.54, 1.807) is 0 Å². The molecule has 166 valence electrons. The molecular weight excluding hydrogens is 400 g/mol. The summed E-state index contributed by atoms with van der Waals surface area (Å²) in [6, 6.07) is 19.8. The van der Waals surface area contributed by atoms with E-state index in [-0.39, 0.29) is 11.5 Å². The van der Waals surface area contributed by atoms with Crippen molar-refractivity contribution in [1.29, 1.82) is 0 Å². The molecule has 0 spiro atoms. The van der Waals surface area contributed by atoms with Gasteiger partial charge in [-0.15, -0.1) is 0 Å². The van der Waals surface area contributed by atoms with Gasteiger partial charge in [0.1, 0.15) is 11.6 Å². The lowest BCUT2D eigenvalue weighted by molar-refractivity contribution is -0.151. The fourth-order valence-electron chi connectivity index (χ4n) is 4.03. The number of aromatic nitrogens is 2. The van der Waals surface area contributed by atoms with Gasteiger partial charge < -0.3 is 15.4 Å². The van der Waals surface area contributed by atoms with Gasteiger partial charge in [0.15, 0.2) is 5.82 Å². The zero-order valence-corrected chi connectivity index (χ0v) is 19.1. The SMILES string of the molecule is COC(=O)C1(c2ccc(Nc3cc(NC(C)(C)C)nc(-c4ccccc4)n3)cc2)CCC1. The summed E-state index contributed by atoms with van der Waals surface area (Å²) >= 11 is 0. The minimum atomic E-state index is -0.494. The molecule has 6 nitrogen and oxygen atoms in total. The van der Waals surface area contributed by atoms with Gasteiger partial charge in [-0.25, -0.2) is 9.97 Å². The Balaban J connectivity index is 1.62. The first-order valence-electron chi connectivity index (χ1n) is 11.0. The van der Waals surface area contributed by atoms with E-state index < -0.39 is 5.41 Å². The number of benzene rings is 2. The first kappa shape index (κ1) is 21.8. The number of ether oxygens (including phenoxy) is 1. The fourth-order valence-corrected chi connectivity index (χ4v) is 4.03. The van der Waals surface area contributed by atoms with Crippen LogP contribution in [-0.4, -0.2) is 28.6 Å². The van der Waals surface area contributed by atoms with E-state index in [1.807, 2.05) is 60.7 Å². The van der Waals surface area contributed by atoms with Crippen LogP contribution in [0.5, 0.6) is 0 Å². The lowest BCUT2D eigenvalue weighted by Gasteiger charge is -2.39. The highest BCUT2D eigenvalue weighted by Gasteiger charge is 2.46. The highest BCUT2D eigenvalue weighted by atomic mass is 16.5. The van der Waals surface area contributed by atoms with E-state index in [4.69, 9.17) is 14.7 Å². The molecule has 0 aliphatic heterocycles. The van der Waals surface area contributed by atoms with Gasteiger partial charge in [0.05, 0.1) is 12.5 Å². The van der Waals surface area contributed by atoms with Gasteiger partial charge in [-0.05, 0) is 51.3 Å². The zero-order valence-electron chi connectivity index (χ0n) is 19.1. The van der Waals surface area contributed by atoms with Crippen LogP contribution >= 0.6 is 0 Å². The minimum absolute atomic E-state index is 0.133. The Morgan fingerprint density at radius 3 is 2.19 bits per heavy atom. The largest absolute Gasteiger partial charge is 0.468 e. The molecule has 0 atom stereocenters. The Morgan fingerprint density at radius 1 is 0.969 bits per heavy atom. The van der Waals surface area contributed by atoms with E-state index in [9.17, 15) is 4.79 Å². The second-order valence-electron chi connectivity index (χ2n) is 9.33. The molecule has 0 bridgehead atoms. The number of hydrogen-bond donors (Lipinski definition) is 2. The second-order valence-corrected chi connectivity index (χ2v) is 9.33. The van der Waals surface area contributed by atoms with Gasteiger partial charge >= 0.3 is 5.97 Å². The molecule has 0 unspecified atom stereocenters. The van der Waals surface area contributed by atoms with Crippen molar-refractivity contribution in [1.82, 2.24) is 9.97 Å². The molecule has 1 saturated carbocycles. The van der Waals surface area contributed by atoms with Crippen LogP contribution in [0.1, 0.15) is 45.6 Å². The predicted molar refractivity (Wildman–Crippen MR) is 128 cm³/mol. The molecule has 2 N–H and O–H groups in total. The lowest BCUT2D eigenvalue weighted by Crippen LogP contribution is -2.43. The van der Waals surface area contributed by atoms with Gasteiger partial charge in [0, 0.05) is 22.9 Å². The van der Waals surface area contributed by atoms with Crippen molar-refractivity contribution in [3.63, 3.8) is 0 Å². The first-order valence-corrected chi connectivity index (χ1v) is 11.0. The normalized spacial score (nSPS) is 14.9. The van der Waals surface area contributed by atoms with Crippen LogP contribution < -0.4 is 10.6 Å². The van der Waals surface area contributed by atoms with Crippen molar-refractivity contribution in [2.45, 2.75) is 51.0 Å². The Kier molecular flexibility index (Phi) is 5.87. The fraction of sp³-hybridized carbons (Fsp3) is 0.346. The summed E-state index contributed by atoms with van der Waals surface area (Å²) in [5.41, 5.74) is 2.23. The number of hydrogen-bond acceptors (Lipinski definition) is 6. The number of esters is 1. The maximum absolute atomic E-state index is 12.4. The highest BCUT2D eigenvalue weighted by Crippen LogP contribution is 2.45. The highest BCUT2D eigenvalue weighted by molar-refractivity contribution is 5.84. The predicted octanol–water partition coefficient (Wildman–Crippen LogP) is 5.69. The summed E-state index contributed by atoms with van der Waals surface area (Å²) in [4.78, 5) is 21.8. The molecule has 1 aromatic heterocycles. The van der Waals surface area contributed by atoms with Crippen molar-refractivity contribution in [3.8, 4) is 11.4 Å². The van der Waals surface area contributed by atoms with Gasteiger partial charge in [-0.2, -0.15) is 0 Å². The number of carbonyl (C=O) groups excluding carboxylic acids is 1. The average Bonchev–Trinajstić information content (AvgIpc) is 2.73. The van der Waals surface area contributed by atoms with E-state index in [2.05, 4.69) is 31.4 Å². The quantitative estimate of drug-likeness (QED) is 0.489. The molecule has 32 heavy (non-hydrogen) atoms. The van der Waals surface area contributed by atoms with Crippen molar-refractivity contribution in [2.75, 3.05) is 17.7 Å². The van der Waals surface area contributed by atoms with Crippen LogP contribution in [0, 0.1) is 0 Å². The molecule has 0 amide bonds. The maximum Gasteiger partial charge on any atom is 0.316 e. The summed E-state index contributed by atoms with van der Waals surface area (Å²) in [6.07, 6.45) is 2.71. The van der Waals surface area contributed by atoms with Crippen LogP contribution in [0.15, 0.2) is 60.7 Å². The van der Waals surface area contributed by atoms with E-state index in [1.165, 1.54) is 7.11 Å². The van der Waals surface area contributed by atoms with Gasteiger partial charge in [-0.1, -0.05) is 48.9 Å². The molecule has 0 radical (unpaired) electrons. The van der Waals surface area contributed by atoms with Gasteiger partial charge in [0.25, 0.3) is 0 Å². The summed E-state index contributed by atoms with van der Waals surface area (Å²) in [7, 11) is 1.46. The zero-order chi connectivity index (χ0) is 22.8. The van der Waals surface area contributed by atoms with Crippen LogP contribution in [-0.2, 0) is 14.9 Å². The number of rotatable bonds is 6. The molecule has 4 rings (SSSR count). The third-order valence-corrected chi connectivity index (χ3v) is 5.75. The van der Waals surface area contributed by atoms with Crippen molar-refractivity contribution in [2.24, 2.45) is 0 Å². The molecule has 6 heteroatoms. The second kappa shape index (κ2) is 8.61. The van der Waals surface area contributed by atoms with Crippen LogP contribution in [0.25, 0.3) is 11.4 Å². The monoisotopic (exact) mass is 430 g/mol. The molecule has 1 fully saturated rings. The molecule has 1 heterocycles. The smallest absolute Gasteiger partial charge is 0.316 e. The molecular formula is C26H30N4O2. The topological polar surface area (TPSA) is 76.1 Å². The van der Waals surface area contributed by atoms with Crippen LogP contribution in [0.4, 0.5) is 17.3 Å². The number of nitrogens with zero attached hydrogens (tertiary/aromatic N) is 2. The van der Waals surface area contributed by atoms with Crippen molar-refractivity contribution >= 4 is 23.3 Å². The summed E-state index contributed by atoms with van der Waals surface area (Å²) < 4.78 is 5.07. The summed E-state index contributed by atoms with van der Waals surface area (Å²) in [5, 5.41) is 6.83. The van der Waals surface area contributed by atoms with E-state index in [0.29, 0.717) is 11.6 Å². The first-order chi connectivity index (χ1) is 15.3. The van der Waals surface area contributed by atoms with E-state index >= 15 is 0 Å². The molecule has 1 aliphatic carbocycles. The Bertz CT molecular complexity index is 1090. The third-order valence-electron chi connectivity index (χ3n) is 5.75. The Morgan fingerprint density at radius 2 is 1.62 bits per heavy atom.